The zero-order valence-corrected chi connectivity index (χ0v) is 11.7. The molecule has 0 radical (unpaired) electrons. The average molecular weight is 292 g/mol. The summed E-state index contributed by atoms with van der Waals surface area (Å²) in [5.41, 5.74) is 1.17. The quantitative estimate of drug-likeness (QED) is 0.917. The number of carbonyl (C=O) groups is 1. The first-order valence-corrected chi connectivity index (χ1v) is 6.52. The van der Waals surface area contributed by atoms with Crippen molar-refractivity contribution in [3.8, 4) is 0 Å². The number of hydrogen-bond donors (Lipinski definition) is 1. The summed E-state index contributed by atoms with van der Waals surface area (Å²) in [5, 5.41) is 9.25. The van der Waals surface area contributed by atoms with Crippen molar-refractivity contribution in [3.63, 3.8) is 0 Å². The maximum Gasteiger partial charge on any atom is 0.337 e. The maximum atomic E-state index is 10.9. The number of pyridine rings is 2. The molecule has 0 amide bonds. The zero-order valence-electron chi connectivity index (χ0n) is 11.0. The monoisotopic (exact) mass is 291 g/mol. The minimum absolute atomic E-state index is 0.0821. The first-order valence-electron chi connectivity index (χ1n) is 6.14. The van der Waals surface area contributed by atoms with Crippen LogP contribution < -0.4 is 4.90 Å². The van der Waals surface area contributed by atoms with E-state index in [1.54, 1.807) is 12.4 Å². The topological polar surface area (TPSA) is 66.3 Å². The largest absolute Gasteiger partial charge is 0.478 e. The van der Waals surface area contributed by atoms with Crippen LogP contribution in [0, 0.1) is 0 Å². The minimum Gasteiger partial charge on any atom is -0.478 e. The molecular formula is C14H14ClN3O2. The van der Waals surface area contributed by atoms with E-state index in [4.69, 9.17) is 16.7 Å². The fourth-order valence-electron chi connectivity index (χ4n) is 1.83. The van der Waals surface area contributed by atoms with E-state index in [0.717, 1.165) is 5.56 Å². The predicted molar refractivity (Wildman–Crippen MR) is 77.2 cm³/mol. The summed E-state index contributed by atoms with van der Waals surface area (Å²) in [7, 11) is 0. The summed E-state index contributed by atoms with van der Waals surface area (Å²) in [6.07, 6.45) is 4.77. The lowest BCUT2D eigenvalue weighted by Gasteiger charge is -2.23. The van der Waals surface area contributed by atoms with Gasteiger partial charge in [-0.05, 0) is 30.7 Å². The molecule has 0 aromatic carbocycles. The van der Waals surface area contributed by atoms with Crippen LogP contribution in [0.25, 0.3) is 0 Å². The molecule has 2 rings (SSSR count). The molecule has 0 aliphatic heterocycles. The van der Waals surface area contributed by atoms with E-state index in [1.165, 1.54) is 12.3 Å². The Bertz CT molecular complexity index is 605. The highest BCUT2D eigenvalue weighted by Crippen LogP contribution is 2.25. The molecule has 104 valence electrons. The molecule has 0 saturated heterocycles. The number of carboxylic acid groups (broad SMARTS) is 1. The second-order valence-corrected chi connectivity index (χ2v) is 4.61. The summed E-state index contributed by atoms with van der Waals surface area (Å²) >= 11 is 6.13. The number of halogens is 1. The Balaban J connectivity index is 2.26. The number of rotatable bonds is 5. The summed E-state index contributed by atoms with van der Waals surface area (Å²) in [4.78, 5) is 21.0. The molecule has 0 unspecified atom stereocenters. The smallest absolute Gasteiger partial charge is 0.337 e. The van der Waals surface area contributed by atoms with Gasteiger partial charge in [0.2, 0.25) is 0 Å². The zero-order chi connectivity index (χ0) is 14.5. The first-order chi connectivity index (χ1) is 9.61. The molecule has 5 nitrogen and oxygen atoms in total. The molecule has 0 bridgehead atoms. The first kappa shape index (κ1) is 14.3. The highest BCUT2D eigenvalue weighted by Gasteiger charge is 2.13. The fourth-order valence-corrected chi connectivity index (χ4v) is 2.11. The van der Waals surface area contributed by atoms with Gasteiger partial charge < -0.3 is 10.0 Å². The molecular weight excluding hydrogens is 278 g/mol. The van der Waals surface area contributed by atoms with E-state index >= 15 is 0 Å². The van der Waals surface area contributed by atoms with Crippen molar-refractivity contribution in [2.45, 2.75) is 13.5 Å². The predicted octanol–water partition coefficient (Wildman–Crippen LogP) is 2.85. The Morgan fingerprint density at radius 1 is 1.40 bits per heavy atom. The van der Waals surface area contributed by atoms with E-state index in [1.807, 2.05) is 24.0 Å². The van der Waals surface area contributed by atoms with Gasteiger partial charge in [0.15, 0.2) is 0 Å². The van der Waals surface area contributed by atoms with Crippen molar-refractivity contribution >= 4 is 23.4 Å². The van der Waals surface area contributed by atoms with Crippen LogP contribution in [0.4, 0.5) is 5.82 Å². The molecule has 0 aliphatic rings. The lowest BCUT2D eigenvalue weighted by atomic mass is 10.2. The Morgan fingerprint density at radius 2 is 2.10 bits per heavy atom. The SMILES string of the molecule is CCN(Cc1ccncc1)c1ncc(C(=O)O)cc1Cl. The fraction of sp³-hybridized carbons (Fsp3) is 0.214. The van der Waals surface area contributed by atoms with E-state index < -0.39 is 5.97 Å². The van der Waals surface area contributed by atoms with E-state index in [2.05, 4.69) is 9.97 Å². The van der Waals surface area contributed by atoms with Gasteiger partial charge in [-0.15, -0.1) is 0 Å². The Labute approximate surface area is 121 Å². The number of hydrogen-bond acceptors (Lipinski definition) is 4. The normalized spacial score (nSPS) is 10.3. The van der Waals surface area contributed by atoms with E-state index in [-0.39, 0.29) is 5.56 Å². The average Bonchev–Trinajstić information content (AvgIpc) is 2.46. The molecule has 0 atom stereocenters. The maximum absolute atomic E-state index is 10.9. The van der Waals surface area contributed by atoms with Crippen molar-refractivity contribution < 1.29 is 9.90 Å². The van der Waals surface area contributed by atoms with E-state index in [0.29, 0.717) is 23.9 Å². The summed E-state index contributed by atoms with van der Waals surface area (Å²) in [5.74, 6) is -0.459. The Kier molecular flexibility index (Phi) is 4.53. The van der Waals surface area contributed by atoms with Gasteiger partial charge >= 0.3 is 5.97 Å². The van der Waals surface area contributed by atoms with Gasteiger partial charge in [0.1, 0.15) is 5.82 Å². The van der Waals surface area contributed by atoms with Crippen LogP contribution in [0.3, 0.4) is 0 Å². The van der Waals surface area contributed by atoms with Crippen LogP contribution in [0.2, 0.25) is 5.02 Å². The summed E-state index contributed by atoms with van der Waals surface area (Å²) < 4.78 is 0. The summed E-state index contributed by atoms with van der Waals surface area (Å²) in [6.45, 7) is 3.34. The molecule has 0 fully saturated rings. The van der Waals surface area contributed by atoms with Crippen molar-refractivity contribution in [2.75, 3.05) is 11.4 Å². The number of aromatic carboxylic acids is 1. The summed E-state index contributed by atoms with van der Waals surface area (Å²) in [6, 6.07) is 5.26. The second-order valence-electron chi connectivity index (χ2n) is 4.20. The van der Waals surface area contributed by atoms with E-state index in [9.17, 15) is 4.79 Å². The highest BCUT2D eigenvalue weighted by atomic mass is 35.5. The van der Waals surface area contributed by atoms with Gasteiger partial charge in [-0.2, -0.15) is 0 Å². The van der Waals surface area contributed by atoms with Crippen LogP contribution in [0.5, 0.6) is 0 Å². The Hall–Kier alpha value is -2.14. The van der Waals surface area contributed by atoms with Crippen LogP contribution in [0.1, 0.15) is 22.8 Å². The number of aromatic nitrogens is 2. The molecule has 0 saturated carbocycles. The van der Waals surface area contributed by atoms with Crippen molar-refractivity contribution in [2.24, 2.45) is 0 Å². The van der Waals surface area contributed by atoms with Gasteiger partial charge in [0, 0.05) is 31.7 Å². The van der Waals surface area contributed by atoms with Crippen molar-refractivity contribution in [1.29, 1.82) is 0 Å². The molecule has 0 spiro atoms. The minimum atomic E-state index is -1.04. The van der Waals surface area contributed by atoms with Gasteiger partial charge in [0.05, 0.1) is 10.6 Å². The van der Waals surface area contributed by atoms with Crippen molar-refractivity contribution in [3.05, 3.63) is 52.9 Å². The third-order valence-corrected chi connectivity index (χ3v) is 3.15. The third-order valence-electron chi connectivity index (χ3n) is 2.87. The van der Waals surface area contributed by atoms with Gasteiger partial charge in [-0.25, -0.2) is 9.78 Å². The Morgan fingerprint density at radius 3 is 2.65 bits per heavy atom. The van der Waals surface area contributed by atoms with Gasteiger partial charge in [-0.1, -0.05) is 11.6 Å². The molecule has 6 heteroatoms. The molecule has 2 aromatic heterocycles. The van der Waals surface area contributed by atoms with Crippen LogP contribution in [0.15, 0.2) is 36.8 Å². The molecule has 2 heterocycles. The molecule has 1 N–H and O–H groups in total. The van der Waals surface area contributed by atoms with Crippen molar-refractivity contribution in [1.82, 2.24) is 9.97 Å². The number of carboxylic acids is 1. The second kappa shape index (κ2) is 6.34. The highest BCUT2D eigenvalue weighted by molar-refractivity contribution is 6.33. The molecule has 2 aromatic rings. The third kappa shape index (κ3) is 3.24. The van der Waals surface area contributed by atoms with Crippen LogP contribution in [-0.4, -0.2) is 27.6 Å². The van der Waals surface area contributed by atoms with Gasteiger partial charge in [0.25, 0.3) is 0 Å². The molecule has 0 aliphatic carbocycles. The van der Waals surface area contributed by atoms with Crippen LogP contribution >= 0.6 is 11.6 Å². The number of anilines is 1. The standard InChI is InChI=1S/C14H14ClN3O2/c1-2-18(9-10-3-5-16-6-4-10)13-12(15)7-11(8-17-13)14(19)20/h3-8H,2,9H2,1H3,(H,19,20). The van der Waals surface area contributed by atoms with Gasteiger partial charge in [-0.3, -0.25) is 4.98 Å². The lowest BCUT2D eigenvalue weighted by Crippen LogP contribution is -2.23. The lowest BCUT2D eigenvalue weighted by molar-refractivity contribution is 0.0696. The molecule has 20 heavy (non-hydrogen) atoms. The number of nitrogens with zero attached hydrogens (tertiary/aromatic N) is 3. The van der Waals surface area contributed by atoms with Crippen LogP contribution in [-0.2, 0) is 6.54 Å².